The summed E-state index contributed by atoms with van der Waals surface area (Å²) < 4.78 is 6.56. The van der Waals surface area contributed by atoms with Gasteiger partial charge in [-0.15, -0.1) is 0 Å². The molecule has 1 N–H and O–H groups in total. The van der Waals surface area contributed by atoms with Gasteiger partial charge in [0.25, 0.3) is 0 Å². The van der Waals surface area contributed by atoms with Crippen molar-refractivity contribution in [1.29, 1.82) is 0 Å². The zero-order valence-corrected chi connectivity index (χ0v) is 16.8. The Hall–Kier alpha value is -1.15. The van der Waals surface area contributed by atoms with Crippen molar-refractivity contribution in [2.24, 2.45) is 16.7 Å². The van der Waals surface area contributed by atoms with Gasteiger partial charge in [0.2, 0.25) is 0 Å². The lowest BCUT2D eigenvalue weighted by Crippen LogP contribution is -2.55. The number of fused-ring (bicyclic) bond motifs is 4. The maximum absolute atomic E-state index is 10.3. The van der Waals surface area contributed by atoms with Gasteiger partial charge in [-0.2, -0.15) is 0 Å². The van der Waals surface area contributed by atoms with Crippen molar-refractivity contribution in [3.63, 3.8) is 0 Å². The fourth-order valence-electron chi connectivity index (χ4n) is 6.09. The summed E-state index contributed by atoms with van der Waals surface area (Å²) in [5.41, 5.74) is 3.22. The number of aromatic hydroxyl groups is 1. The Labute approximate surface area is 156 Å². The van der Waals surface area contributed by atoms with Crippen LogP contribution in [0.4, 0.5) is 0 Å². The van der Waals surface area contributed by atoms with Crippen molar-refractivity contribution in [3.8, 4) is 11.5 Å². The lowest BCUT2D eigenvalue weighted by molar-refractivity contribution is -0.0516. The first kappa shape index (κ1) is 17.3. The fraction of sp³-hybridized carbons (Fsp3) is 0.636. The Morgan fingerprint density at radius 2 is 1.88 bits per heavy atom. The third kappa shape index (κ3) is 2.29. The van der Waals surface area contributed by atoms with Crippen LogP contribution in [0.5, 0.6) is 11.5 Å². The highest BCUT2D eigenvalue weighted by Crippen LogP contribution is 2.64. The topological polar surface area (TPSA) is 29.5 Å². The molecule has 1 heterocycles. The van der Waals surface area contributed by atoms with Gasteiger partial charge in [-0.05, 0) is 79.6 Å². The van der Waals surface area contributed by atoms with Crippen molar-refractivity contribution in [3.05, 3.63) is 27.8 Å². The van der Waals surface area contributed by atoms with E-state index in [1.165, 1.54) is 31.3 Å². The van der Waals surface area contributed by atoms with E-state index in [-0.39, 0.29) is 16.8 Å². The SMILES string of the molecule is Cc1cc2c(c(Cl)c1O)C=C1[C@@](C)(CC[C@H]3C(C)(C)CCC[C@]13C)O2. The van der Waals surface area contributed by atoms with Crippen LogP contribution in [0.1, 0.15) is 70.9 Å². The van der Waals surface area contributed by atoms with Gasteiger partial charge in [0.15, 0.2) is 0 Å². The van der Waals surface area contributed by atoms with Crippen LogP contribution in [0.25, 0.3) is 6.08 Å². The Balaban J connectivity index is 1.92. The molecular formula is C22H29ClO2. The summed E-state index contributed by atoms with van der Waals surface area (Å²) in [6.07, 6.45) is 8.25. The third-order valence-corrected chi connectivity index (χ3v) is 7.76. The average molecular weight is 361 g/mol. The minimum atomic E-state index is -0.265. The average Bonchev–Trinajstić information content (AvgIpc) is 2.50. The third-order valence-electron chi connectivity index (χ3n) is 7.38. The van der Waals surface area contributed by atoms with Crippen LogP contribution in [-0.4, -0.2) is 10.7 Å². The molecule has 3 aliphatic rings. The molecule has 0 bridgehead atoms. The summed E-state index contributed by atoms with van der Waals surface area (Å²) in [4.78, 5) is 0. The van der Waals surface area contributed by atoms with Crippen molar-refractivity contribution >= 4 is 17.7 Å². The monoisotopic (exact) mass is 360 g/mol. The van der Waals surface area contributed by atoms with Gasteiger partial charge >= 0.3 is 0 Å². The molecule has 0 amide bonds. The predicted octanol–water partition coefficient (Wildman–Crippen LogP) is 6.51. The maximum atomic E-state index is 10.3. The van der Waals surface area contributed by atoms with E-state index in [0.717, 1.165) is 23.3 Å². The number of phenolic OH excluding ortho intramolecular Hbond substituents is 1. The van der Waals surface area contributed by atoms with Gasteiger partial charge in [-0.25, -0.2) is 0 Å². The molecule has 3 heteroatoms. The lowest BCUT2D eigenvalue weighted by Gasteiger charge is -2.60. The molecule has 0 unspecified atom stereocenters. The molecule has 1 aromatic carbocycles. The number of aryl methyl sites for hydroxylation is 1. The smallest absolute Gasteiger partial charge is 0.137 e. The number of benzene rings is 1. The van der Waals surface area contributed by atoms with E-state index in [0.29, 0.717) is 16.4 Å². The molecule has 0 saturated heterocycles. The van der Waals surface area contributed by atoms with Gasteiger partial charge in [0.1, 0.15) is 17.1 Å². The van der Waals surface area contributed by atoms with Gasteiger partial charge < -0.3 is 9.84 Å². The molecule has 2 nitrogen and oxygen atoms in total. The highest BCUT2D eigenvalue weighted by molar-refractivity contribution is 6.34. The van der Waals surface area contributed by atoms with Crippen LogP contribution in [0.2, 0.25) is 5.02 Å². The minimum Gasteiger partial charge on any atom is -0.506 e. The van der Waals surface area contributed by atoms with Gasteiger partial charge in [-0.1, -0.05) is 38.8 Å². The van der Waals surface area contributed by atoms with Gasteiger partial charge in [0, 0.05) is 5.56 Å². The molecule has 0 radical (unpaired) electrons. The molecule has 1 aliphatic heterocycles. The Bertz CT molecular complexity index is 779. The van der Waals surface area contributed by atoms with E-state index >= 15 is 0 Å². The number of phenols is 1. The van der Waals surface area contributed by atoms with Crippen molar-refractivity contribution in [2.75, 3.05) is 0 Å². The standard InChI is InChI=1S/C22H29ClO2/c1-13-11-15-14(18(23)19(13)24)12-17-21(4)9-6-8-20(2,3)16(21)7-10-22(17,5)25-15/h11-12,16,24H,6-10H2,1-5H3/t16-,21-,22+/m0/s1. The van der Waals surface area contributed by atoms with Crippen molar-refractivity contribution < 1.29 is 9.84 Å². The predicted molar refractivity (Wildman–Crippen MR) is 103 cm³/mol. The lowest BCUT2D eigenvalue weighted by atomic mass is 9.47. The molecule has 136 valence electrons. The van der Waals surface area contributed by atoms with Crippen LogP contribution < -0.4 is 4.74 Å². The maximum Gasteiger partial charge on any atom is 0.137 e. The number of halogens is 1. The molecule has 4 rings (SSSR count). The molecule has 2 fully saturated rings. The normalized spacial score (nSPS) is 35.8. The van der Waals surface area contributed by atoms with Crippen molar-refractivity contribution in [1.82, 2.24) is 0 Å². The van der Waals surface area contributed by atoms with Gasteiger partial charge in [-0.3, -0.25) is 0 Å². The number of rotatable bonds is 0. The molecule has 0 spiro atoms. The van der Waals surface area contributed by atoms with E-state index in [9.17, 15) is 5.11 Å². The minimum absolute atomic E-state index is 0.135. The van der Waals surface area contributed by atoms with Crippen LogP contribution in [0.3, 0.4) is 0 Å². The summed E-state index contributed by atoms with van der Waals surface area (Å²) in [5.74, 6) is 1.64. The Morgan fingerprint density at radius 3 is 2.60 bits per heavy atom. The molecular weight excluding hydrogens is 332 g/mol. The van der Waals surface area contributed by atoms with E-state index in [2.05, 4.69) is 33.8 Å². The Morgan fingerprint density at radius 1 is 1.16 bits per heavy atom. The zero-order chi connectivity index (χ0) is 18.2. The molecule has 2 saturated carbocycles. The first-order chi connectivity index (χ1) is 11.6. The second kappa shape index (κ2) is 5.19. The number of hydrogen-bond acceptors (Lipinski definition) is 2. The summed E-state index contributed by atoms with van der Waals surface area (Å²) in [7, 11) is 0. The summed E-state index contributed by atoms with van der Waals surface area (Å²) in [6.45, 7) is 11.4. The Kier molecular flexibility index (Phi) is 3.59. The van der Waals surface area contributed by atoms with Crippen LogP contribution >= 0.6 is 11.6 Å². The first-order valence-corrected chi connectivity index (χ1v) is 9.90. The second-order valence-electron chi connectivity index (χ2n) is 9.51. The van der Waals surface area contributed by atoms with E-state index in [1.807, 2.05) is 13.0 Å². The second-order valence-corrected chi connectivity index (χ2v) is 9.89. The van der Waals surface area contributed by atoms with Crippen LogP contribution in [0, 0.1) is 23.7 Å². The number of ether oxygens (including phenoxy) is 1. The summed E-state index contributed by atoms with van der Waals surface area (Å²) in [6, 6.07) is 1.92. The highest BCUT2D eigenvalue weighted by Gasteiger charge is 2.57. The van der Waals surface area contributed by atoms with Crippen LogP contribution in [0.15, 0.2) is 11.6 Å². The van der Waals surface area contributed by atoms with E-state index in [1.54, 1.807) is 0 Å². The molecule has 25 heavy (non-hydrogen) atoms. The molecule has 2 aliphatic carbocycles. The largest absolute Gasteiger partial charge is 0.506 e. The van der Waals surface area contributed by atoms with Crippen LogP contribution in [-0.2, 0) is 0 Å². The van der Waals surface area contributed by atoms with Gasteiger partial charge in [0.05, 0.1) is 5.02 Å². The molecule has 1 aromatic rings. The summed E-state index contributed by atoms with van der Waals surface area (Å²) in [5, 5.41) is 10.7. The van der Waals surface area contributed by atoms with Crippen molar-refractivity contribution in [2.45, 2.75) is 72.3 Å². The summed E-state index contributed by atoms with van der Waals surface area (Å²) >= 11 is 6.50. The first-order valence-electron chi connectivity index (χ1n) is 9.52. The zero-order valence-electron chi connectivity index (χ0n) is 16.0. The molecule has 0 aromatic heterocycles. The highest BCUT2D eigenvalue weighted by atomic mass is 35.5. The number of hydrogen-bond donors (Lipinski definition) is 1. The quantitative estimate of drug-likeness (QED) is 0.571. The molecule has 3 atom stereocenters. The van der Waals surface area contributed by atoms with E-state index < -0.39 is 0 Å². The van der Waals surface area contributed by atoms with E-state index in [4.69, 9.17) is 16.3 Å². The fourth-order valence-corrected chi connectivity index (χ4v) is 6.39.